The fourth-order valence-electron chi connectivity index (χ4n) is 2.96. The first kappa shape index (κ1) is 18.3. The molecule has 0 bridgehead atoms. The van der Waals surface area contributed by atoms with E-state index in [0.29, 0.717) is 22.3 Å². The minimum atomic E-state index is -0.0505. The lowest BCUT2D eigenvalue weighted by molar-refractivity contribution is -0.892. The number of carbonyl (C=O) groups excluding carboxylic acids is 1. The number of carbonyl (C=O) groups is 1. The molecule has 4 nitrogen and oxygen atoms in total. The Morgan fingerprint density at radius 3 is 2.44 bits per heavy atom. The summed E-state index contributed by atoms with van der Waals surface area (Å²) in [6.07, 6.45) is 0. The number of para-hydroxylation sites is 1. The Balaban J connectivity index is 1.52. The molecule has 0 saturated carbocycles. The number of hydrogen-bond acceptors (Lipinski definition) is 2. The zero-order chi connectivity index (χ0) is 17.8. The molecule has 25 heavy (non-hydrogen) atoms. The van der Waals surface area contributed by atoms with E-state index in [0.717, 1.165) is 36.9 Å². The van der Waals surface area contributed by atoms with Crippen molar-refractivity contribution in [3.63, 3.8) is 0 Å². The molecule has 7 heteroatoms. The van der Waals surface area contributed by atoms with E-state index >= 15 is 0 Å². The van der Waals surface area contributed by atoms with Crippen LogP contribution >= 0.6 is 34.8 Å². The maximum Gasteiger partial charge on any atom is 0.279 e. The molecular formula is C18H19Cl3N3O+. The molecule has 0 aliphatic carbocycles. The number of halogens is 3. The fraction of sp³-hybridized carbons (Fsp3) is 0.278. The molecule has 132 valence electrons. The molecule has 0 aromatic heterocycles. The van der Waals surface area contributed by atoms with E-state index in [4.69, 9.17) is 34.8 Å². The van der Waals surface area contributed by atoms with Crippen LogP contribution in [0.25, 0.3) is 0 Å². The molecule has 1 heterocycles. The Hall–Kier alpha value is -1.46. The molecule has 0 atom stereocenters. The van der Waals surface area contributed by atoms with E-state index in [2.05, 4.69) is 10.2 Å². The van der Waals surface area contributed by atoms with Crippen LogP contribution in [0.15, 0.2) is 42.5 Å². The van der Waals surface area contributed by atoms with Crippen molar-refractivity contribution < 1.29 is 9.69 Å². The van der Waals surface area contributed by atoms with Crippen molar-refractivity contribution in [2.45, 2.75) is 0 Å². The summed E-state index contributed by atoms with van der Waals surface area (Å²) in [5, 5.41) is 4.61. The second-order valence-electron chi connectivity index (χ2n) is 6.04. The number of quaternary nitrogens is 1. The Kier molecular flexibility index (Phi) is 6.07. The van der Waals surface area contributed by atoms with Crippen LogP contribution in [0, 0.1) is 0 Å². The molecule has 1 fully saturated rings. The first-order chi connectivity index (χ1) is 12.0. The van der Waals surface area contributed by atoms with E-state index in [1.807, 2.05) is 24.3 Å². The molecule has 0 spiro atoms. The lowest BCUT2D eigenvalue weighted by Gasteiger charge is -2.33. The van der Waals surface area contributed by atoms with Crippen LogP contribution in [0.3, 0.4) is 0 Å². The van der Waals surface area contributed by atoms with Crippen LogP contribution in [0.2, 0.25) is 15.1 Å². The molecule has 1 aliphatic rings. The minimum absolute atomic E-state index is 0.0505. The molecule has 3 rings (SSSR count). The quantitative estimate of drug-likeness (QED) is 0.829. The summed E-state index contributed by atoms with van der Waals surface area (Å²) in [7, 11) is 0. The van der Waals surface area contributed by atoms with Crippen molar-refractivity contribution in [1.82, 2.24) is 0 Å². The van der Waals surface area contributed by atoms with Crippen LogP contribution < -0.4 is 15.1 Å². The van der Waals surface area contributed by atoms with Gasteiger partial charge in [0.1, 0.15) is 0 Å². The van der Waals surface area contributed by atoms with Gasteiger partial charge in [0.2, 0.25) is 0 Å². The molecule has 1 aliphatic heterocycles. The minimum Gasteiger partial charge on any atom is -0.359 e. The normalized spacial score (nSPS) is 15.2. The summed E-state index contributed by atoms with van der Waals surface area (Å²) in [5.41, 5.74) is 1.64. The fourth-order valence-corrected chi connectivity index (χ4v) is 3.67. The van der Waals surface area contributed by atoms with E-state index < -0.39 is 0 Å². The van der Waals surface area contributed by atoms with E-state index in [9.17, 15) is 4.79 Å². The number of hydrogen-bond donors (Lipinski definition) is 2. The van der Waals surface area contributed by atoms with Gasteiger partial charge >= 0.3 is 0 Å². The number of piperazine rings is 1. The van der Waals surface area contributed by atoms with Crippen LogP contribution in [0.5, 0.6) is 0 Å². The average molecular weight is 400 g/mol. The van der Waals surface area contributed by atoms with Crippen LogP contribution in [-0.4, -0.2) is 38.6 Å². The Morgan fingerprint density at radius 1 is 1.04 bits per heavy atom. The second-order valence-corrected chi connectivity index (χ2v) is 7.29. The lowest BCUT2D eigenvalue weighted by atomic mass is 10.2. The highest BCUT2D eigenvalue weighted by molar-refractivity contribution is 6.36. The molecule has 0 unspecified atom stereocenters. The molecule has 2 N–H and O–H groups in total. The van der Waals surface area contributed by atoms with Gasteiger partial charge in [-0.3, -0.25) is 4.79 Å². The van der Waals surface area contributed by atoms with Gasteiger partial charge in [0, 0.05) is 5.02 Å². The monoisotopic (exact) mass is 398 g/mol. The molecule has 0 radical (unpaired) electrons. The summed E-state index contributed by atoms with van der Waals surface area (Å²) in [6.45, 7) is 3.91. The number of nitrogens with one attached hydrogen (secondary N) is 2. The number of benzene rings is 2. The van der Waals surface area contributed by atoms with Gasteiger partial charge in [-0.1, -0.05) is 46.9 Å². The number of amides is 1. The molecule has 2 aromatic rings. The highest BCUT2D eigenvalue weighted by Gasteiger charge is 2.23. The third-order valence-electron chi connectivity index (χ3n) is 4.28. The van der Waals surface area contributed by atoms with Gasteiger partial charge in [0.15, 0.2) is 6.54 Å². The van der Waals surface area contributed by atoms with Gasteiger partial charge < -0.3 is 15.1 Å². The molecule has 2 aromatic carbocycles. The Labute approximate surface area is 162 Å². The first-order valence-corrected chi connectivity index (χ1v) is 9.24. The van der Waals surface area contributed by atoms with Crippen molar-refractivity contribution in [3.8, 4) is 0 Å². The summed E-state index contributed by atoms with van der Waals surface area (Å²) in [5.74, 6) is -0.0505. The Morgan fingerprint density at radius 2 is 1.76 bits per heavy atom. The largest absolute Gasteiger partial charge is 0.359 e. The van der Waals surface area contributed by atoms with Crippen molar-refractivity contribution in [1.29, 1.82) is 0 Å². The van der Waals surface area contributed by atoms with Gasteiger partial charge in [-0.15, -0.1) is 0 Å². The molecule has 1 amide bonds. The van der Waals surface area contributed by atoms with Crippen LogP contribution in [0.4, 0.5) is 11.4 Å². The molecule has 1 saturated heterocycles. The SMILES string of the molecule is O=C(C[NH+]1CCN(c2ccccc2Cl)CC1)Nc1ccc(Cl)cc1Cl. The summed E-state index contributed by atoms with van der Waals surface area (Å²) in [4.78, 5) is 15.8. The summed E-state index contributed by atoms with van der Waals surface area (Å²) in [6, 6.07) is 12.9. The van der Waals surface area contributed by atoms with Crippen molar-refractivity contribution >= 4 is 52.1 Å². The smallest absolute Gasteiger partial charge is 0.279 e. The van der Waals surface area contributed by atoms with E-state index in [1.165, 1.54) is 4.90 Å². The summed E-state index contributed by atoms with van der Waals surface area (Å²) < 4.78 is 0. The molecular weight excluding hydrogens is 381 g/mol. The average Bonchev–Trinajstić information content (AvgIpc) is 2.59. The highest BCUT2D eigenvalue weighted by Crippen LogP contribution is 2.26. The highest BCUT2D eigenvalue weighted by atomic mass is 35.5. The van der Waals surface area contributed by atoms with Gasteiger partial charge in [-0.25, -0.2) is 0 Å². The third kappa shape index (κ3) is 4.79. The van der Waals surface area contributed by atoms with Gasteiger partial charge in [-0.05, 0) is 30.3 Å². The maximum absolute atomic E-state index is 12.3. The number of anilines is 2. The third-order valence-corrected chi connectivity index (χ3v) is 5.15. The van der Waals surface area contributed by atoms with Crippen molar-refractivity contribution in [3.05, 3.63) is 57.5 Å². The van der Waals surface area contributed by atoms with Crippen LogP contribution in [0.1, 0.15) is 0 Å². The zero-order valence-electron chi connectivity index (χ0n) is 13.6. The van der Waals surface area contributed by atoms with Crippen LogP contribution in [-0.2, 0) is 4.79 Å². The van der Waals surface area contributed by atoms with E-state index in [1.54, 1.807) is 18.2 Å². The lowest BCUT2D eigenvalue weighted by Crippen LogP contribution is -3.15. The van der Waals surface area contributed by atoms with E-state index in [-0.39, 0.29) is 5.91 Å². The van der Waals surface area contributed by atoms with Crippen molar-refractivity contribution in [2.75, 3.05) is 42.9 Å². The van der Waals surface area contributed by atoms with Gasteiger partial charge in [0.05, 0.1) is 47.6 Å². The maximum atomic E-state index is 12.3. The standard InChI is InChI=1S/C18H18Cl3N3O/c19-13-5-6-16(15(21)11-13)22-18(25)12-23-7-9-24(10-8-23)17-4-2-1-3-14(17)20/h1-6,11H,7-10,12H2,(H,22,25)/p+1. The predicted molar refractivity (Wildman–Crippen MR) is 104 cm³/mol. The first-order valence-electron chi connectivity index (χ1n) is 8.11. The topological polar surface area (TPSA) is 36.8 Å². The van der Waals surface area contributed by atoms with Crippen molar-refractivity contribution in [2.24, 2.45) is 0 Å². The zero-order valence-corrected chi connectivity index (χ0v) is 15.8. The second kappa shape index (κ2) is 8.28. The van der Waals surface area contributed by atoms with Gasteiger partial charge in [0.25, 0.3) is 5.91 Å². The van der Waals surface area contributed by atoms with Gasteiger partial charge in [-0.2, -0.15) is 0 Å². The number of rotatable bonds is 4. The predicted octanol–water partition coefficient (Wildman–Crippen LogP) is 2.99. The summed E-state index contributed by atoms with van der Waals surface area (Å²) >= 11 is 18.2. The Bertz CT molecular complexity index is 761. The number of nitrogens with zero attached hydrogens (tertiary/aromatic N) is 1.